The van der Waals surface area contributed by atoms with Gasteiger partial charge in [0.1, 0.15) is 0 Å². The van der Waals surface area contributed by atoms with Crippen LogP contribution in [-0.2, 0) is 11.2 Å². The van der Waals surface area contributed by atoms with Gasteiger partial charge in [0.15, 0.2) is 0 Å². The van der Waals surface area contributed by atoms with Crippen LogP contribution in [0.4, 0.5) is 0 Å². The maximum atomic E-state index is 11.7. The van der Waals surface area contributed by atoms with E-state index in [-0.39, 0.29) is 11.8 Å². The molecule has 0 radical (unpaired) electrons. The van der Waals surface area contributed by atoms with Gasteiger partial charge in [-0.25, -0.2) is 0 Å². The first kappa shape index (κ1) is 16.0. The van der Waals surface area contributed by atoms with E-state index in [0.717, 1.165) is 12.8 Å². The van der Waals surface area contributed by atoms with Gasteiger partial charge in [0.2, 0.25) is 5.91 Å². The van der Waals surface area contributed by atoms with Gasteiger partial charge in [-0.15, -0.1) is 11.3 Å². The van der Waals surface area contributed by atoms with Crippen LogP contribution < -0.4 is 5.32 Å². The van der Waals surface area contributed by atoms with Gasteiger partial charge < -0.3 is 10.4 Å². The van der Waals surface area contributed by atoms with Crippen molar-refractivity contribution < 1.29 is 9.90 Å². The van der Waals surface area contributed by atoms with Crippen LogP contribution in [0.2, 0.25) is 0 Å². The van der Waals surface area contributed by atoms with E-state index >= 15 is 0 Å². The number of benzene rings is 1. The first-order valence-corrected chi connectivity index (χ1v) is 8.35. The molecular formula is C17H23NO2S. The number of nitrogens with one attached hydrogen (secondary N) is 1. The van der Waals surface area contributed by atoms with Crippen LogP contribution >= 0.6 is 11.3 Å². The molecule has 0 fully saturated rings. The Morgan fingerprint density at radius 1 is 1.33 bits per heavy atom. The third-order valence-corrected chi connectivity index (χ3v) is 4.70. The molecule has 0 aliphatic heterocycles. The van der Waals surface area contributed by atoms with Gasteiger partial charge >= 0.3 is 0 Å². The summed E-state index contributed by atoms with van der Waals surface area (Å²) < 4.78 is 1.30. The Bertz CT molecular complexity index is 591. The average Bonchev–Trinajstić information content (AvgIpc) is 2.88. The summed E-state index contributed by atoms with van der Waals surface area (Å²) in [6, 6.07) is 8.37. The van der Waals surface area contributed by atoms with Crippen molar-refractivity contribution in [1.82, 2.24) is 5.32 Å². The number of thiophene rings is 1. The third kappa shape index (κ3) is 4.55. The van der Waals surface area contributed by atoms with Gasteiger partial charge in [-0.3, -0.25) is 4.79 Å². The molecule has 1 aromatic heterocycles. The van der Waals surface area contributed by atoms with Crippen LogP contribution in [0.5, 0.6) is 0 Å². The highest BCUT2D eigenvalue weighted by atomic mass is 32.1. The van der Waals surface area contributed by atoms with Crippen LogP contribution in [-0.4, -0.2) is 23.7 Å². The number of fused-ring (bicyclic) bond motifs is 1. The van der Waals surface area contributed by atoms with E-state index in [1.807, 2.05) is 13.8 Å². The average molecular weight is 305 g/mol. The number of aryl methyl sites for hydroxylation is 1. The minimum atomic E-state index is -0.463. The van der Waals surface area contributed by atoms with Crippen molar-refractivity contribution in [3.8, 4) is 0 Å². The molecule has 0 bridgehead atoms. The zero-order valence-electron chi connectivity index (χ0n) is 12.6. The van der Waals surface area contributed by atoms with E-state index in [2.05, 4.69) is 35.0 Å². The van der Waals surface area contributed by atoms with Gasteiger partial charge in [-0.2, -0.15) is 0 Å². The van der Waals surface area contributed by atoms with Gasteiger partial charge in [0, 0.05) is 17.7 Å². The highest BCUT2D eigenvalue weighted by Crippen LogP contribution is 2.26. The van der Waals surface area contributed by atoms with E-state index in [1.165, 1.54) is 15.6 Å². The molecular weight excluding hydrogens is 282 g/mol. The Kier molecular flexibility index (Phi) is 5.76. The van der Waals surface area contributed by atoms with Gasteiger partial charge in [-0.05, 0) is 41.2 Å². The fraction of sp³-hybridized carbons (Fsp3) is 0.471. The Hall–Kier alpha value is -1.39. The monoisotopic (exact) mass is 305 g/mol. The molecule has 0 saturated heterocycles. The fourth-order valence-electron chi connectivity index (χ4n) is 2.21. The molecule has 3 nitrogen and oxygen atoms in total. The van der Waals surface area contributed by atoms with Crippen molar-refractivity contribution in [1.29, 1.82) is 0 Å². The summed E-state index contributed by atoms with van der Waals surface area (Å²) in [7, 11) is 0. The molecule has 0 spiro atoms. The van der Waals surface area contributed by atoms with Crippen LogP contribution in [0.15, 0.2) is 29.6 Å². The van der Waals surface area contributed by atoms with Gasteiger partial charge in [0.05, 0.1) is 6.10 Å². The summed E-state index contributed by atoms with van der Waals surface area (Å²) in [5.74, 6) is 0.191. The van der Waals surface area contributed by atoms with E-state index in [9.17, 15) is 9.90 Å². The zero-order valence-corrected chi connectivity index (χ0v) is 13.5. The predicted molar refractivity (Wildman–Crippen MR) is 88.6 cm³/mol. The van der Waals surface area contributed by atoms with Crippen molar-refractivity contribution in [2.75, 3.05) is 6.54 Å². The number of rotatable bonds is 7. The summed E-state index contributed by atoms with van der Waals surface area (Å²) in [6.45, 7) is 4.23. The van der Waals surface area contributed by atoms with Crippen molar-refractivity contribution in [2.24, 2.45) is 5.92 Å². The Labute approximate surface area is 130 Å². The molecule has 2 N–H and O–H groups in total. The normalized spacial score (nSPS) is 12.8. The van der Waals surface area contributed by atoms with E-state index in [1.54, 1.807) is 11.3 Å². The van der Waals surface area contributed by atoms with Crippen molar-refractivity contribution >= 4 is 27.3 Å². The third-order valence-electron chi connectivity index (χ3n) is 3.69. The van der Waals surface area contributed by atoms with Crippen molar-refractivity contribution in [3.05, 3.63) is 35.2 Å². The molecule has 2 rings (SSSR count). The minimum Gasteiger partial charge on any atom is -0.391 e. The van der Waals surface area contributed by atoms with E-state index in [4.69, 9.17) is 0 Å². The summed E-state index contributed by atoms with van der Waals surface area (Å²) in [5, 5.41) is 15.9. The van der Waals surface area contributed by atoms with Crippen molar-refractivity contribution in [3.63, 3.8) is 0 Å². The molecule has 21 heavy (non-hydrogen) atoms. The predicted octanol–water partition coefficient (Wildman–Crippen LogP) is 3.36. The fourth-order valence-corrected chi connectivity index (χ4v) is 3.21. The molecule has 114 valence electrons. The van der Waals surface area contributed by atoms with E-state index < -0.39 is 6.10 Å². The summed E-state index contributed by atoms with van der Waals surface area (Å²) in [4.78, 5) is 11.7. The largest absolute Gasteiger partial charge is 0.391 e. The van der Waals surface area contributed by atoms with Gasteiger partial charge in [0.25, 0.3) is 0 Å². The SMILES string of the molecule is CC(C)C(O)CNC(=O)CCCc1csc2ccccc12. The first-order valence-electron chi connectivity index (χ1n) is 7.48. The maximum absolute atomic E-state index is 11.7. The molecule has 1 heterocycles. The molecule has 1 unspecified atom stereocenters. The lowest BCUT2D eigenvalue weighted by molar-refractivity contribution is -0.121. The van der Waals surface area contributed by atoms with Crippen LogP contribution in [0.25, 0.3) is 10.1 Å². The second kappa shape index (κ2) is 7.57. The van der Waals surface area contributed by atoms with Crippen LogP contribution in [0, 0.1) is 5.92 Å². The zero-order chi connectivity index (χ0) is 15.2. The molecule has 1 atom stereocenters. The number of amides is 1. The number of aliphatic hydroxyl groups is 1. The molecule has 4 heteroatoms. The summed E-state index contributed by atoms with van der Waals surface area (Å²) in [6.07, 6.45) is 1.80. The standard InChI is InChI=1S/C17H23NO2S/c1-12(2)15(19)10-18-17(20)9-5-6-13-11-21-16-8-4-3-7-14(13)16/h3-4,7-8,11-12,15,19H,5-6,9-10H2,1-2H3,(H,18,20). The quantitative estimate of drug-likeness (QED) is 0.824. The minimum absolute atomic E-state index is 0.0224. The Balaban J connectivity index is 1.75. The van der Waals surface area contributed by atoms with Crippen LogP contribution in [0.1, 0.15) is 32.3 Å². The molecule has 2 aromatic rings. The smallest absolute Gasteiger partial charge is 0.220 e. The Morgan fingerprint density at radius 3 is 2.86 bits per heavy atom. The molecule has 0 saturated carbocycles. The second-order valence-corrected chi connectivity index (χ2v) is 6.64. The molecule has 0 aliphatic rings. The number of carbonyl (C=O) groups is 1. The maximum Gasteiger partial charge on any atom is 0.220 e. The second-order valence-electron chi connectivity index (χ2n) is 5.73. The molecule has 0 aliphatic carbocycles. The lowest BCUT2D eigenvalue weighted by atomic mass is 10.1. The first-order chi connectivity index (χ1) is 10.1. The lowest BCUT2D eigenvalue weighted by Crippen LogP contribution is -2.34. The van der Waals surface area contributed by atoms with E-state index in [0.29, 0.717) is 13.0 Å². The molecule has 1 aromatic carbocycles. The Morgan fingerprint density at radius 2 is 2.10 bits per heavy atom. The van der Waals surface area contributed by atoms with Crippen LogP contribution in [0.3, 0.4) is 0 Å². The lowest BCUT2D eigenvalue weighted by Gasteiger charge is -2.14. The number of hydrogen-bond acceptors (Lipinski definition) is 3. The number of hydrogen-bond donors (Lipinski definition) is 2. The van der Waals surface area contributed by atoms with Gasteiger partial charge in [-0.1, -0.05) is 32.0 Å². The number of aliphatic hydroxyl groups excluding tert-OH is 1. The highest BCUT2D eigenvalue weighted by molar-refractivity contribution is 7.17. The summed E-state index contributed by atoms with van der Waals surface area (Å²) in [5.41, 5.74) is 1.32. The van der Waals surface area contributed by atoms with Crippen molar-refractivity contribution in [2.45, 2.75) is 39.2 Å². The summed E-state index contributed by atoms with van der Waals surface area (Å²) >= 11 is 1.76. The highest BCUT2D eigenvalue weighted by Gasteiger charge is 2.11. The number of carbonyl (C=O) groups excluding carboxylic acids is 1. The molecule has 1 amide bonds. The topological polar surface area (TPSA) is 49.3 Å².